The molecule has 1 fully saturated rings. The van der Waals surface area contributed by atoms with E-state index >= 15 is 0 Å². The van der Waals surface area contributed by atoms with E-state index in [1.807, 2.05) is 30.3 Å². The fourth-order valence-electron chi connectivity index (χ4n) is 2.16. The molecule has 0 radical (unpaired) electrons. The Morgan fingerprint density at radius 3 is 2.77 bits per heavy atom. The molecular weight excluding hydrogens is 284 g/mol. The third kappa shape index (κ3) is 4.07. The molecular formula is C16H18N2O4. The van der Waals surface area contributed by atoms with Gasteiger partial charge in [0.15, 0.2) is 0 Å². The fourth-order valence-corrected chi connectivity index (χ4v) is 2.16. The Morgan fingerprint density at radius 2 is 2.09 bits per heavy atom. The van der Waals surface area contributed by atoms with Crippen molar-refractivity contribution in [1.29, 1.82) is 0 Å². The normalized spacial score (nSPS) is 18.9. The number of urea groups is 1. The first kappa shape index (κ1) is 16.0. The average molecular weight is 302 g/mol. The number of aliphatic hydroxyl groups is 1. The second-order valence-electron chi connectivity index (χ2n) is 5.01. The van der Waals surface area contributed by atoms with E-state index in [-0.39, 0.29) is 19.6 Å². The topological polar surface area (TPSA) is 78.9 Å². The summed E-state index contributed by atoms with van der Waals surface area (Å²) in [4.78, 5) is 24.6. The minimum Gasteiger partial charge on any atom is -0.389 e. The molecule has 1 aromatic carbocycles. The lowest BCUT2D eigenvalue weighted by Crippen LogP contribution is -2.39. The predicted octanol–water partition coefficient (Wildman–Crippen LogP) is 0.508. The molecule has 1 heterocycles. The van der Waals surface area contributed by atoms with Gasteiger partial charge < -0.3 is 15.2 Å². The molecule has 1 saturated heterocycles. The quantitative estimate of drug-likeness (QED) is 0.568. The highest BCUT2D eigenvalue weighted by molar-refractivity contribution is 6.04. The van der Waals surface area contributed by atoms with Gasteiger partial charge in [0, 0.05) is 6.42 Å². The van der Waals surface area contributed by atoms with E-state index in [0.29, 0.717) is 6.61 Å². The van der Waals surface area contributed by atoms with Gasteiger partial charge in [0.05, 0.1) is 25.9 Å². The number of carbonyl (C=O) groups excluding carboxylic acids is 2. The molecule has 1 aliphatic heterocycles. The molecule has 0 bridgehead atoms. The molecule has 6 heteroatoms. The summed E-state index contributed by atoms with van der Waals surface area (Å²) in [6.45, 7) is 0.282. The lowest BCUT2D eigenvalue weighted by molar-refractivity contribution is -0.128. The van der Waals surface area contributed by atoms with Crippen LogP contribution in [0.1, 0.15) is 12.0 Å². The molecule has 22 heavy (non-hydrogen) atoms. The molecule has 116 valence electrons. The van der Waals surface area contributed by atoms with Gasteiger partial charge in [0.1, 0.15) is 6.04 Å². The maximum Gasteiger partial charge on any atom is 0.324 e. The zero-order valence-electron chi connectivity index (χ0n) is 12.1. The zero-order valence-corrected chi connectivity index (χ0v) is 12.1. The van der Waals surface area contributed by atoms with Gasteiger partial charge in [-0.15, -0.1) is 12.3 Å². The van der Waals surface area contributed by atoms with Crippen LogP contribution in [0.4, 0.5) is 4.79 Å². The van der Waals surface area contributed by atoms with E-state index < -0.39 is 24.1 Å². The van der Waals surface area contributed by atoms with E-state index in [9.17, 15) is 14.7 Å². The van der Waals surface area contributed by atoms with Gasteiger partial charge in [-0.05, 0) is 5.56 Å². The van der Waals surface area contributed by atoms with Gasteiger partial charge in [-0.25, -0.2) is 4.79 Å². The fraction of sp³-hybridized carbons (Fsp3) is 0.375. The second-order valence-corrected chi connectivity index (χ2v) is 5.01. The summed E-state index contributed by atoms with van der Waals surface area (Å²) in [5.74, 6) is 1.93. The van der Waals surface area contributed by atoms with E-state index in [1.54, 1.807) is 0 Å². The molecule has 0 aliphatic carbocycles. The molecule has 6 nitrogen and oxygen atoms in total. The molecule has 0 spiro atoms. The van der Waals surface area contributed by atoms with Crippen LogP contribution in [0.25, 0.3) is 0 Å². The van der Waals surface area contributed by atoms with Crippen LogP contribution in [0.3, 0.4) is 0 Å². The van der Waals surface area contributed by atoms with Crippen molar-refractivity contribution in [1.82, 2.24) is 10.2 Å². The van der Waals surface area contributed by atoms with Gasteiger partial charge in [0.2, 0.25) is 0 Å². The summed E-state index contributed by atoms with van der Waals surface area (Å²) in [6, 6.07) is 8.29. The van der Waals surface area contributed by atoms with E-state index in [0.717, 1.165) is 10.5 Å². The van der Waals surface area contributed by atoms with Gasteiger partial charge in [-0.3, -0.25) is 9.69 Å². The van der Waals surface area contributed by atoms with Crippen molar-refractivity contribution in [2.45, 2.75) is 25.2 Å². The Bertz CT molecular complexity index is 567. The smallest absolute Gasteiger partial charge is 0.324 e. The molecule has 3 amide bonds. The highest BCUT2D eigenvalue weighted by Gasteiger charge is 2.38. The maximum absolute atomic E-state index is 11.9. The number of terminal acetylenes is 1. The van der Waals surface area contributed by atoms with Crippen LogP contribution in [0, 0.1) is 12.3 Å². The lowest BCUT2D eigenvalue weighted by Gasteiger charge is -2.17. The van der Waals surface area contributed by atoms with Crippen LogP contribution in [0.5, 0.6) is 0 Å². The number of rotatable bonds is 7. The number of hydrogen-bond donors (Lipinski definition) is 2. The van der Waals surface area contributed by atoms with Crippen LogP contribution in [0.2, 0.25) is 0 Å². The molecule has 2 atom stereocenters. The Balaban J connectivity index is 1.77. The number of imide groups is 1. The molecule has 2 N–H and O–H groups in total. The van der Waals surface area contributed by atoms with Gasteiger partial charge in [-0.1, -0.05) is 30.3 Å². The number of amides is 3. The number of β-amino-alcohol motifs (C(OH)–C–C–N with tert-alkyl or cyclic N) is 1. The number of carbonyl (C=O) groups is 2. The van der Waals surface area contributed by atoms with Crippen LogP contribution in [-0.2, 0) is 16.1 Å². The summed E-state index contributed by atoms with van der Waals surface area (Å²) >= 11 is 0. The highest BCUT2D eigenvalue weighted by Crippen LogP contribution is 2.10. The van der Waals surface area contributed by atoms with Crippen LogP contribution in [-0.4, -0.2) is 47.2 Å². The van der Waals surface area contributed by atoms with E-state index in [2.05, 4.69) is 11.2 Å². The van der Waals surface area contributed by atoms with Crippen LogP contribution >= 0.6 is 0 Å². The number of benzene rings is 1. The second kappa shape index (κ2) is 7.59. The van der Waals surface area contributed by atoms with Crippen LogP contribution in [0.15, 0.2) is 30.3 Å². The molecule has 1 aliphatic rings. The average Bonchev–Trinajstić information content (AvgIpc) is 2.76. The molecule has 2 rings (SSSR count). The van der Waals surface area contributed by atoms with Crippen molar-refractivity contribution < 1.29 is 19.4 Å². The standard InChI is InChI=1S/C16H18N2O4/c1-2-6-14-15(20)18(16(21)17-14)9-13(19)11-22-10-12-7-4-3-5-8-12/h1,3-5,7-8,13-14,19H,6,9-11H2,(H,17,21). The maximum atomic E-state index is 11.9. The van der Waals surface area contributed by atoms with Gasteiger partial charge in [0.25, 0.3) is 5.91 Å². The van der Waals surface area contributed by atoms with Crippen molar-refractivity contribution >= 4 is 11.9 Å². The number of nitrogens with zero attached hydrogens (tertiary/aromatic N) is 1. The lowest BCUT2D eigenvalue weighted by atomic mass is 10.2. The van der Waals surface area contributed by atoms with Crippen molar-refractivity contribution in [2.24, 2.45) is 0 Å². The first-order chi connectivity index (χ1) is 10.6. The largest absolute Gasteiger partial charge is 0.389 e. The van der Waals surface area contributed by atoms with E-state index in [4.69, 9.17) is 11.2 Å². The van der Waals surface area contributed by atoms with Crippen molar-refractivity contribution in [3.63, 3.8) is 0 Å². The molecule has 2 unspecified atom stereocenters. The number of ether oxygens (including phenoxy) is 1. The molecule has 0 aromatic heterocycles. The van der Waals surface area contributed by atoms with E-state index in [1.165, 1.54) is 0 Å². The van der Waals surface area contributed by atoms with Crippen molar-refractivity contribution in [3.05, 3.63) is 35.9 Å². The summed E-state index contributed by atoms with van der Waals surface area (Å²) in [7, 11) is 0. The number of nitrogens with one attached hydrogen (secondary N) is 1. The van der Waals surface area contributed by atoms with Crippen molar-refractivity contribution in [3.8, 4) is 12.3 Å². The van der Waals surface area contributed by atoms with Gasteiger partial charge >= 0.3 is 6.03 Å². The Kier molecular flexibility index (Phi) is 5.53. The third-order valence-electron chi connectivity index (χ3n) is 3.24. The Hall–Kier alpha value is -2.36. The summed E-state index contributed by atoms with van der Waals surface area (Å²) in [5.41, 5.74) is 0.985. The summed E-state index contributed by atoms with van der Waals surface area (Å²) < 4.78 is 5.38. The SMILES string of the molecule is C#CCC1NC(=O)N(CC(O)COCc2ccccc2)C1=O. The minimum absolute atomic E-state index is 0.0335. The van der Waals surface area contributed by atoms with Crippen LogP contribution < -0.4 is 5.32 Å². The summed E-state index contributed by atoms with van der Waals surface area (Å²) in [6.07, 6.45) is 4.34. The number of hydrogen-bond acceptors (Lipinski definition) is 4. The molecule has 0 saturated carbocycles. The van der Waals surface area contributed by atoms with Gasteiger partial charge in [-0.2, -0.15) is 0 Å². The highest BCUT2D eigenvalue weighted by atomic mass is 16.5. The first-order valence-electron chi connectivity index (χ1n) is 6.97. The van der Waals surface area contributed by atoms with Crippen molar-refractivity contribution in [2.75, 3.05) is 13.2 Å². The predicted molar refractivity (Wildman–Crippen MR) is 79.6 cm³/mol. The Labute approximate surface area is 129 Å². The Morgan fingerprint density at radius 1 is 1.36 bits per heavy atom. The molecule has 1 aromatic rings. The zero-order chi connectivity index (χ0) is 15.9. The third-order valence-corrected chi connectivity index (χ3v) is 3.24. The number of aliphatic hydroxyl groups excluding tert-OH is 1. The minimum atomic E-state index is -0.942. The first-order valence-corrected chi connectivity index (χ1v) is 6.97. The monoisotopic (exact) mass is 302 g/mol. The summed E-state index contributed by atoms with van der Waals surface area (Å²) in [5, 5.41) is 12.4.